The van der Waals surface area contributed by atoms with Gasteiger partial charge in [0.05, 0.1) is 36.3 Å². The second kappa shape index (κ2) is 7.89. The van der Waals surface area contributed by atoms with E-state index in [1.165, 1.54) is 6.07 Å². The Bertz CT molecular complexity index is 1000. The average molecular weight is 404 g/mol. The van der Waals surface area contributed by atoms with Gasteiger partial charge in [0.1, 0.15) is 5.75 Å². The van der Waals surface area contributed by atoms with Crippen LogP contribution in [0, 0.1) is 0 Å². The van der Waals surface area contributed by atoms with Gasteiger partial charge in [0.15, 0.2) is 6.10 Å². The molecule has 8 nitrogen and oxygen atoms in total. The lowest BCUT2D eigenvalue weighted by Crippen LogP contribution is -2.48. The zero-order chi connectivity index (χ0) is 20.3. The summed E-state index contributed by atoms with van der Waals surface area (Å²) < 4.78 is 36.2. The Kier molecular flexibility index (Phi) is 5.55. The summed E-state index contributed by atoms with van der Waals surface area (Å²) in [4.78, 5) is 24.9. The van der Waals surface area contributed by atoms with E-state index in [9.17, 15) is 18.0 Å². The number of carbonyl (C=O) groups excluding carboxylic acids is 2. The third-order valence-corrected chi connectivity index (χ3v) is 5.25. The molecule has 0 aromatic heterocycles. The van der Waals surface area contributed by atoms with Crippen molar-refractivity contribution in [3.63, 3.8) is 0 Å². The second-order valence-electron chi connectivity index (χ2n) is 6.12. The molecule has 1 aliphatic rings. The van der Waals surface area contributed by atoms with Crippen molar-refractivity contribution in [2.75, 3.05) is 29.0 Å². The van der Waals surface area contributed by atoms with E-state index in [4.69, 9.17) is 9.47 Å². The number of esters is 1. The number of carbonyl (C=O) groups is 2. The summed E-state index contributed by atoms with van der Waals surface area (Å²) in [7, 11) is -3.61. The number of anilines is 2. The molecule has 0 fully saturated rings. The van der Waals surface area contributed by atoms with Crippen molar-refractivity contribution in [3.8, 4) is 5.75 Å². The molecule has 0 bridgehead atoms. The number of hydrogen-bond donors (Lipinski definition) is 1. The number of ether oxygens (including phenoxy) is 2. The fraction of sp³-hybridized carbons (Fsp3) is 0.263. The van der Waals surface area contributed by atoms with E-state index in [0.717, 1.165) is 10.6 Å². The summed E-state index contributed by atoms with van der Waals surface area (Å²) in [5.41, 5.74) is 0.842. The van der Waals surface area contributed by atoms with Crippen LogP contribution in [0.25, 0.3) is 0 Å². The fourth-order valence-corrected chi connectivity index (χ4v) is 3.76. The molecule has 2 aromatic rings. The van der Waals surface area contributed by atoms with Crippen molar-refractivity contribution in [3.05, 3.63) is 54.1 Å². The molecule has 9 heteroatoms. The van der Waals surface area contributed by atoms with Gasteiger partial charge in [-0.1, -0.05) is 24.3 Å². The van der Waals surface area contributed by atoms with Gasteiger partial charge < -0.3 is 14.8 Å². The van der Waals surface area contributed by atoms with E-state index in [0.29, 0.717) is 5.69 Å². The molecule has 1 amide bonds. The topological polar surface area (TPSA) is 102 Å². The van der Waals surface area contributed by atoms with Crippen molar-refractivity contribution in [1.29, 1.82) is 0 Å². The van der Waals surface area contributed by atoms with Crippen LogP contribution in [0.3, 0.4) is 0 Å². The first-order valence-electron chi connectivity index (χ1n) is 8.61. The Morgan fingerprint density at radius 3 is 2.57 bits per heavy atom. The smallest absolute Gasteiger partial charge is 0.340 e. The molecular weight excluding hydrogens is 384 g/mol. The normalized spacial score (nSPS) is 15.9. The first-order chi connectivity index (χ1) is 13.3. The van der Waals surface area contributed by atoms with Crippen molar-refractivity contribution < 1.29 is 27.5 Å². The maximum Gasteiger partial charge on any atom is 0.340 e. The minimum absolute atomic E-state index is 0.177. The van der Waals surface area contributed by atoms with Gasteiger partial charge in [0.25, 0.3) is 5.91 Å². The summed E-state index contributed by atoms with van der Waals surface area (Å²) in [6.45, 7) is 1.71. The number of nitrogens with one attached hydrogen (secondary N) is 1. The zero-order valence-electron chi connectivity index (χ0n) is 15.4. The zero-order valence-corrected chi connectivity index (χ0v) is 16.2. The second-order valence-corrected chi connectivity index (χ2v) is 8.03. The predicted octanol–water partition coefficient (Wildman–Crippen LogP) is 2.03. The van der Waals surface area contributed by atoms with Crippen molar-refractivity contribution in [2.45, 2.75) is 13.0 Å². The number of amides is 1. The van der Waals surface area contributed by atoms with Crippen LogP contribution in [0.2, 0.25) is 0 Å². The Balaban J connectivity index is 1.86. The molecule has 148 valence electrons. The molecule has 0 aliphatic carbocycles. The molecule has 0 saturated heterocycles. The van der Waals surface area contributed by atoms with Gasteiger partial charge in [-0.25, -0.2) is 13.2 Å². The Morgan fingerprint density at radius 2 is 1.86 bits per heavy atom. The lowest BCUT2D eigenvalue weighted by Gasteiger charge is -2.33. The number of rotatable bonds is 5. The summed E-state index contributed by atoms with van der Waals surface area (Å²) in [5, 5.41) is 2.64. The monoisotopic (exact) mass is 404 g/mol. The van der Waals surface area contributed by atoms with Crippen LogP contribution in [0.1, 0.15) is 17.3 Å². The molecule has 28 heavy (non-hydrogen) atoms. The molecule has 1 atom stereocenters. The third-order valence-electron chi connectivity index (χ3n) is 4.11. The van der Waals surface area contributed by atoms with Crippen LogP contribution in [0.4, 0.5) is 11.4 Å². The van der Waals surface area contributed by atoms with E-state index in [2.05, 4.69) is 5.32 Å². The van der Waals surface area contributed by atoms with Crippen molar-refractivity contribution >= 4 is 33.3 Å². The summed E-state index contributed by atoms with van der Waals surface area (Å²) >= 11 is 0. The molecule has 0 radical (unpaired) electrons. The van der Waals surface area contributed by atoms with Gasteiger partial charge in [-0.3, -0.25) is 9.10 Å². The number of benzene rings is 2. The van der Waals surface area contributed by atoms with E-state index in [-0.39, 0.29) is 30.2 Å². The van der Waals surface area contributed by atoms with Gasteiger partial charge in [-0.2, -0.15) is 0 Å². The van der Waals surface area contributed by atoms with Crippen LogP contribution in [0.15, 0.2) is 48.5 Å². The Morgan fingerprint density at radius 1 is 1.18 bits per heavy atom. The minimum atomic E-state index is -3.61. The van der Waals surface area contributed by atoms with Crippen LogP contribution in [0.5, 0.6) is 5.75 Å². The average Bonchev–Trinajstić information content (AvgIpc) is 2.67. The summed E-state index contributed by atoms with van der Waals surface area (Å²) in [5.74, 6) is -0.844. The maximum absolute atomic E-state index is 12.8. The third kappa shape index (κ3) is 4.09. The number of fused-ring (bicyclic) bond motifs is 1. The molecule has 2 aromatic carbocycles. The molecule has 1 N–H and O–H groups in total. The highest BCUT2D eigenvalue weighted by Gasteiger charge is 2.35. The highest BCUT2D eigenvalue weighted by atomic mass is 32.2. The van der Waals surface area contributed by atoms with Crippen molar-refractivity contribution in [2.24, 2.45) is 0 Å². The van der Waals surface area contributed by atoms with Gasteiger partial charge in [0, 0.05) is 0 Å². The van der Waals surface area contributed by atoms with Crippen LogP contribution >= 0.6 is 0 Å². The molecule has 1 heterocycles. The van der Waals surface area contributed by atoms with Crippen molar-refractivity contribution in [1.82, 2.24) is 0 Å². The highest BCUT2D eigenvalue weighted by molar-refractivity contribution is 7.92. The molecular formula is C19H20N2O6S. The van der Waals surface area contributed by atoms with E-state index in [1.807, 2.05) is 0 Å². The Labute approximate surface area is 163 Å². The minimum Gasteiger partial charge on any atom is -0.476 e. The molecule has 0 spiro atoms. The van der Waals surface area contributed by atoms with Crippen LogP contribution in [-0.4, -0.2) is 45.8 Å². The van der Waals surface area contributed by atoms with E-state index < -0.39 is 28.0 Å². The molecule has 1 unspecified atom stereocenters. The van der Waals surface area contributed by atoms with Gasteiger partial charge in [0.2, 0.25) is 10.0 Å². The summed E-state index contributed by atoms with van der Waals surface area (Å²) in [6.07, 6.45) is -0.0139. The largest absolute Gasteiger partial charge is 0.476 e. The number of hydrogen-bond acceptors (Lipinski definition) is 6. The fourth-order valence-electron chi connectivity index (χ4n) is 2.85. The number of sulfonamides is 1. The maximum atomic E-state index is 12.8. The lowest BCUT2D eigenvalue weighted by atomic mass is 10.1. The van der Waals surface area contributed by atoms with E-state index >= 15 is 0 Å². The first kappa shape index (κ1) is 19.7. The van der Waals surface area contributed by atoms with Gasteiger partial charge in [-0.15, -0.1) is 0 Å². The molecule has 0 saturated carbocycles. The SMILES string of the molecule is CCOC(=O)c1ccccc1NC(=O)C1CN(S(C)(=O)=O)c2ccccc2O1. The first-order valence-corrected chi connectivity index (χ1v) is 10.5. The highest BCUT2D eigenvalue weighted by Crippen LogP contribution is 2.34. The van der Waals surface area contributed by atoms with Gasteiger partial charge >= 0.3 is 5.97 Å². The lowest BCUT2D eigenvalue weighted by molar-refractivity contribution is -0.122. The van der Waals surface area contributed by atoms with Crippen LogP contribution in [-0.2, 0) is 19.6 Å². The molecule has 1 aliphatic heterocycles. The quantitative estimate of drug-likeness (QED) is 0.765. The standard InChI is InChI=1S/C19H20N2O6S/c1-3-26-19(23)13-8-4-5-9-14(13)20-18(22)17-12-21(28(2,24)25)15-10-6-7-11-16(15)27-17/h4-11,17H,3,12H2,1-2H3,(H,20,22). The number of para-hydroxylation sites is 3. The predicted molar refractivity (Wildman–Crippen MR) is 104 cm³/mol. The van der Waals surface area contributed by atoms with Crippen LogP contribution < -0.4 is 14.4 Å². The van der Waals surface area contributed by atoms with E-state index in [1.54, 1.807) is 49.4 Å². The summed E-state index contributed by atoms with van der Waals surface area (Å²) in [6, 6.07) is 13.0. The number of nitrogens with zero attached hydrogens (tertiary/aromatic N) is 1. The van der Waals surface area contributed by atoms with Gasteiger partial charge in [-0.05, 0) is 31.2 Å². The molecule has 3 rings (SSSR count). The Hall–Kier alpha value is -3.07.